The zero-order valence-electron chi connectivity index (χ0n) is 10.2. The van der Waals surface area contributed by atoms with Crippen molar-refractivity contribution in [3.63, 3.8) is 0 Å². The lowest BCUT2D eigenvalue weighted by molar-refractivity contribution is 0.171. The normalized spacial score (nSPS) is 12.6. The fourth-order valence-electron chi connectivity index (χ4n) is 1.78. The second-order valence-electron chi connectivity index (χ2n) is 4.35. The Bertz CT molecular complexity index is 476. The predicted molar refractivity (Wildman–Crippen MR) is 65.6 cm³/mol. The van der Waals surface area contributed by atoms with E-state index in [1.807, 2.05) is 7.05 Å². The summed E-state index contributed by atoms with van der Waals surface area (Å²) in [5, 5.41) is 14.0. The number of aliphatic hydroxyl groups is 1. The van der Waals surface area contributed by atoms with Crippen molar-refractivity contribution in [2.24, 2.45) is 7.05 Å². The second kappa shape index (κ2) is 5.10. The first-order valence-electron chi connectivity index (χ1n) is 5.71. The number of aromatic nitrogens is 3. The molecule has 17 heavy (non-hydrogen) atoms. The van der Waals surface area contributed by atoms with Crippen molar-refractivity contribution in [3.05, 3.63) is 47.5 Å². The van der Waals surface area contributed by atoms with Gasteiger partial charge in [-0.2, -0.15) is 5.10 Å². The van der Waals surface area contributed by atoms with E-state index in [1.165, 1.54) is 11.9 Å². The van der Waals surface area contributed by atoms with E-state index in [2.05, 4.69) is 41.3 Å². The van der Waals surface area contributed by atoms with Crippen LogP contribution in [-0.2, 0) is 19.9 Å². The van der Waals surface area contributed by atoms with E-state index in [9.17, 15) is 5.11 Å². The van der Waals surface area contributed by atoms with Gasteiger partial charge in [0.25, 0.3) is 0 Å². The van der Waals surface area contributed by atoms with Crippen LogP contribution in [-0.4, -0.2) is 26.0 Å². The number of benzene rings is 1. The number of hydrogen-bond donors (Lipinski definition) is 1. The Labute approximate surface area is 101 Å². The van der Waals surface area contributed by atoms with E-state index < -0.39 is 6.10 Å². The summed E-state index contributed by atoms with van der Waals surface area (Å²) in [5.41, 5.74) is 2.38. The fraction of sp³-hybridized carbons (Fsp3) is 0.385. The van der Waals surface area contributed by atoms with Crippen molar-refractivity contribution in [2.45, 2.75) is 25.9 Å². The monoisotopic (exact) mass is 231 g/mol. The lowest BCUT2D eigenvalue weighted by Crippen LogP contribution is -2.16. The van der Waals surface area contributed by atoms with Gasteiger partial charge < -0.3 is 5.11 Å². The van der Waals surface area contributed by atoms with Crippen molar-refractivity contribution in [1.29, 1.82) is 0 Å². The van der Waals surface area contributed by atoms with Crippen LogP contribution in [0.5, 0.6) is 0 Å². The molecule has 2 aromatic rings. The number of aliphatic hydroxyl groups excluding tert-OH is 1. The maximum atomic E-state index is 9.99. The van der Waals surface area contributed by atoms with Crippen LogP contribution in [0.2, 0.25) is 0 Å². The summed E-state index contributed by atoms with van der Waals surface area (Å²) in [4.78, 5) is 4.10. The van der Waals surface area contributed by atoms with Crippen LogP contribution >= 0.6 is 0 Å². The summed E-state index contributed by atoms with van der Waals surface area (Å²) in [6.45, 7) is 2.06. The predicted octanol–water partition coefficient (Wildman–Crippen LogP) is 1.27. The van der Waals surface area contributed by atoms with Crippen LogP contribution in [0, 0.1) is 6.92 Å². The molecule has 1 heterocycles. The van der Waals surface area contributed by atoms with E-state index in [0.29, 0.717) is 12.8 Å². The van der Waals surface area contributed by atoms with E-state index in [1.54, 1.807) is 4.68 Å². The van der Waals surface area contributed by atoms with Crippen molar-refractivity contribution >= 4 is 0 Å². The minimum atomic E-state index is -0.416. The molecule has 0 radical (unpaired) electrons. The van der Waals surface area contributed by atoms with Crippen LogP contribution in [0.15, 0.2) is 30.6 Å². The first kappa shape index (κ1) is 11.8. The number of aryl methyl sites for hydroxylation is 2. The molecular formula is C13H17N3O. The van der Waals surface area contributed by atoms with Gasteiger partial charge >= 0.3 is 0 Å². The highest BCUT2D eigenvalue weighted by molar-refractivity contribution is 5.21. The maximum Gasteiger partial charge on any atom is 0.138 e. The Morgan fingerprint density at radius 1 is 1.24 bits per heavy atom. The SMILES string of the molecule is Cc1ccc(CC(O)Cc2ncnn2C)cc1. The number of nitrogens with zero attached hydrogens (tertiary/aromatic N) is 3. The maximum absolute atomic E-state index is 9.99. The van der Waals surface area contributed by atoms with Crippen LogP contribution in [0.1, 0.15) is 17.0 Å². The molecule has 1 unspecified atom stereocenters. The molecule has 0 amide bonds. The van der Waals surface area contributed by atoms with Crippen LogP contribution in [0.4, 0.5) is 0 Å². The molecule has 0 aliphatic rings. The zero-order valence-corrected chi connectivity index (χ0v) is 10.2. The van der Waals surface area contributed by atoms with Gasteiger partial charge in [-0.3, -0.25) is 4.68 Å². The largest absolute Gasteiger partial charge is 0.392 e. The molecule has 1 aromatic carbocycles. The molecular weight excluding hydrogens is 214 g/mol. The molecule has 90 valence electrons. The molecule has 0 saturated carbocycles. The molecule has 1 atom stereocenters. The van der Waals surface area contributed by atoms with Gasteiger partial charge in [0.2, 0.25) is 0 Å². The smallest absolute Gasteiger partial charge is 0.138 e. The highest BCUT2D eigenvalue weighted by Crippen LogP contribution is 2.08. The van der Waals surface area contributed by atoms with Gasteiger partial charge in [0.05, 0.1) is 6.10 Å². The van der Waals surface area contributed by atoms with Gasteiger partial charge in [-0.15, -0.1) is 0 Å². The Morgan fingerprint density at radius 2 is 1.94 bits per heavy atom. The first-order chi connectivity index (χ1) is 8.15. The van der Waals surface area contributed by atoms with E-state index in [-0.39, 0.29) is 0 Å². The first-order valence-corrected chi connectivity index (χ1v) is 5.71. The van der Waals surface area contributed by atoms with E-state index in [0.717, 1.165) is 11.4 Å². The molecule has 0 aliphatic carbocycles. The van der Waals surface area contributed by atoms with Gasteiger partial charge in [-0.05, 0) is 18.9 Å². The molecule has 0 bridgehead atoms. The third-order valence-electron chi connectivity index (χ3n) is 2.82. The van der Waals surface area contributed by atoms with Gasteiger partial charge in [-0.1, -0.05) is 29.8 Å². The quantitative estimate of drug-likeness (QED) is 0.862. The molecule has 1 aromatic heterocycles. The third kappa shape index (κ3) is 3.14. The minimum absolute atomic E-state index is 0.416. The Morgan fingerprint density at radius 3 is 2.53 bits per heavy atom. The van der Waals surface area contributed by atoms with Gasteiger partial charge in [-0.25, -0.2) is 4.98 Å². The van der Waals surface area contributed by atoms with Crippen molar-refractivity contribution in [2.75, 3.05) is 0 Å². The second-order valence-corrected chi connectivity index (χ2v) is 4.35. The molecule has 0 saturated heterocycles. The summed E-state index contributed by atoms with van der Waals surface area (Å²) >= 11 is 0. The Kier molecular flexibility index (Phi) is 3.54. The number of rotatable bonds is 4. The molecule has 1 N–H and O–H groups in total. The summed E-state index contributed by atoms with van der Waals surface area (Å²) in [6.07, 6.45) is 2.27. The topological polar surface area (TPSA) is 50.9 Å². The molecule has 0 aliphatic heterocycles. The highest BCUT2D eigenvalue weighted by Gasteiger charge is 2.10. The van der Waals surface area contributed by atoms with Crippen LogP contribution in [0.3, 0.4) is 0 Å². The van der Waals surface area contributed by atoms with E-state index >= 15 is 0 Å². The Balaban J connectivity index is 1.95. The highest BCUT2D eigenvalue weighted by atomic mass is 16.3. The number of hydrogen-bond acceptors (Lipinski definition) is 3. The van der Waals surface area contributed by atoms with Crippen LogP contribution < -0.4 is 0 Å². The lowest BCUT2D eigenvalue weighted by Gasteiger charge is -2.10. The fourth-order valence-corrected chi connectivity index (χ4v) is 1.78. The minimum Gasteiger partial charge on any atom is -0.392 e. The van der Waals surface area contributed by atoms with Gasteiger partial charge in [0.15, 0.2) is 0 Å². The summed E-state index contributed by atoms with van der Waals surface area (Å²) in [6, 6.07) is 8.22. The van der Waals surface area contributed by atoms with Gasteiger partial charge in [0.1, 0.15) is 12.2 Å². The molecule has 0 spiro atoms. The zero-order chi connectivity index (χ0) is 12.3. The van der Waals surface area contributed by atoms with Crippen molar-refractivity contribution in [3.8, 4) is 0 Å². The average Bonchev–Trinajstić information content (AvgIpc) is 2.68. The Hall–Kier alpha value is -1.68. The van der Waals surface area contributed by atoms with E-state index in [4.69, 9.17) is 0 Å². The summed E-state index contributed by atoms with van der Waals surface area (Å²) < 4.78 is 1.69. The summed E-state index contributed by atoms with van der Waals surface area (Å²) in [7, 11) is 1.83. The van der Waals surface area contributed by atoms with Crippen molar-refractivity contribution in [1.82, 2.24) is 14.8 Å². The standard InChI is InChI=1S/C13H17N3O/c1-10-3-5-11(6-4-10)7-12(17)8-13-14-9-15-16(13)2/h3-6,9,12,17H,7-8H2,1-2H3. The lowest BCUT2D eigenvalue weighted by atomic mass is 10.0. The summed E-state index contributed by atoms with van der Waals surface area (Å²) in [5.74, 6) is 0.810. The molecule has 4 nitrogen and oxygen atoms in total. The molecule has 2 rings (SSSR count). The van der Waals surface area contributed by atoms with Gasteiger partial charge in [0, 0.05) is 13.5 Å². The van der Waals surface area contributed by atoms with Crippen molar-refractivity contribution < 1.29 is 5.11 Å². The molecule has 4 heteroatoms. The average molecular weight is 231 g/mol. The third-order valence-corrected chi connectivity index (χ3v) is 2.82. The van der Waals surface area contributed by atoms with Crippen LogP contribution in [0.25, 0.3) is 0 Å². The molecule has 0 fully saturated rings.